The monoisotopic (exact) mass is 254 g/mol. The van der Waals surface area contributed by atoms with Gasteiger partial charge in [0.15, 0.2) is 0 Å². The third-order valence-corrected chi connectivity index (χ3v) is 3.61. The van der Waals surface area contributed by atoms with E-state index in [1.165, 1.54) is 23.5 Å². The van der Waals surface area contributed by atoms with E-state index >= 15 is 0 Å². The highest BCUT2D eigenvalue weighted by Gasteiger charge is 2.16. The van der Waals surface area contributed by atoms with Crippen LogP contribution in [0.2, 0.25) is 5.02 Å². The second-order valence-corrected chi connectivity index (χ2v) is 4.71. The van der Waals surface area contributed by atoms with E-state index in [-0.39, 0.29) is 5.78 Å². The topological polar surface area (TPSA) is 17.1 Å². The third kappa shape index (κ3) is 2.01. The average Bonchev–Trinajstić information content (AvgIpc) is 2.67. The number of benzene rings is 1. The zero-order valence-corrected chi connectivity index (χ0v) is 10.0. The fourth-order valence-corrected chi connectivity index (χ4v) is 2.51. The normalized spacial score (nSPS) is 10.4. The van der Waals surface area contributed by atoms with Crippen LogP contribution in [0.15, 0.2) is 29.6 Å². The summed E-state index contributed by atoms with van der Waals surface area (Å²) in [5.74, 6) is -0.640. The number of hydrogen-bond acceptors (Lipinski definition) is 2. The summed E-state index contributed by atoms with van der Waals surface area (Å²) < 4.78 is 13.1. The fraction of sp³-hybridized carbons (Fsp3) is 0.0833. The molecule has 0 radical (unpaired) electrons. The van der Waals surface area contributed by atoms with Crippen LogP contribution in [-0.2, 0) is 0 Å². The molecule has 0 amide bonds. The molecule has 2 rings (SSSR count). The van der Waals surface area contributed by atoms with Crippen LogP contribution in [0.25, 0.3) is 0 Å². The molecule has 0 fully saturated rings. The summed E-state index contributed by atoms with van der Waals surface area (Å²) in [6.45, 7) is 1.77. The lowest BCUT2D eigenvalue weighted by Gasteiger charge is -2.03. The number of aryl methyl sites for hydroxylation is 1. The zero-order chi connectivity index (χ0) is 11.7. The van der Waals surface area contributed by atoms with Crippen molar-refractivity contribution in [1.82, 2.24) is 0 Å². The van der Waals surface area contributed by atoms with Gasteiger partial charge in [-0.3, -0.25) is 4.79 Å². The van der Waals surface area contributed by atoms with Gasteiger partial charge in [-0.2, -0.15) is 0 Å². The molecule has 0 atom stereocenters. The number of halogens is 2. The van der Waals surface area contributed by atoms with Gasteiger partial charge in [-0.15, -0.1) is 11.3 Å². The van der Waals surface area contributed by atoms with Crippen molar-refractivity contribution in [2.45, 2.75) is 6.92 Å². The Balaban J connectivity index is 2.49. The van der Waals surface area contributed by atoms with Crippen molar-refractivity contribution in [3.05, 3.63) is 56.5 Å². The molecule has 0 spiro atoms. The molecule has 0 bridgehead atoms. The SMILES string of the molecule is Cc1ccc(F)cc1C(=O)c1sccc1Cl. The molecule has 1 heterocycles. The summed E-state index contributed by atoms with van der Waals surface area (Å²) in [7, 11) is 0. The van der Waals surface area contributed by atoms with Gasteiger partial charge in [-0.05, 0) is 36.1 Å². The summed E-state index contributed by atoms with van der Waals surface area (Å²) >= 11 is 7.14. The van der Waals surface area contributed by atoms with E-state index in [0.717, 1.165) is 5.56 Å². The number of hydrogen-bond donors (Lipinski definition) is 0. The van der Waals surface area contributed by atoms with Gasteiger partial charge in [0, 0.05) is 5.56 Å². The van der Waals surface area contributed by atoms with Gasteiger partial charge in [-0.1, -0.05) is 17.7 Å². The van der Waals surface area contributed by atoms with Gasteiger partial charge in [0.2, 0.25) is 5.78 Å². The summed E-state index contributed by atoms with van der Waals surface area (Å²) in [6.07, 6.45) is 0. The summed E-state index contributed by atoms with van der Waals surface area (Å²) in [5.41, 5.74) is 1.11. The quantitative estimate of drug-likeness (QED) is 0.738. The highest BCUT2D eigenvalue weighted by atomic mass is 35.5. The first-order chi connectivity index (χ1) is 7.59. The third-order valence-electron chi connectivity index (χ3n) is 2.27. The van der Waals surface area contributed by atoms with Crippen molar-refractivity contribution in [1.29, 1.82) is 0 Å². The molecular weight excluding hydrogens is 247 g/mol. The molecule has 0 aliphatic rings. The number of rotatable bonds is 2. The minimum absolute atomic E-state index is 0.225. The molecule has 0 saturated heterocycles. The van der Waals surface area contributed by atoms with Gasteiger partial charge in [-0.25, -0.2) is 4.39 Å². The van der Waals surface area contributed by atoms with E-state index in [9.17, 15) is 9.18 Å². The van der Waals surface area contributed by atoms with Gasteiger partial charge >= 0.3 is 0 Å². The lowest BCUT2D eigenvalue weighted by atomic mass is 10.0. The minimum atomic E-state index is -0.415. The Morgan fingerprint density at radius 1 is 1.38 bits per heavy atom. The molecule has 82 valence electrons. The van der Waals surface area contributed by atoms with Crippen LogP contribution in [0.4, 0.5) is 4.39 Å². The number of ketones is 1. The molecule has 0 N–H and O–H groups in total. The lowest BCUT2D eigenvalue weighted by Crippen LogP contribution is -2.02. The van der Waals surface area contributed by atoms with Crippen LogP contribution >= 0.6 is 22.9 Å². The molecule has 16 heavy (non-hydrogen) atoms. The molecule has 0 saturated carbocycles. The highest BCUT2D eigenvalue weighted by molar-refractivity contribution is 7.13. The molecule has 0 unspecified atom stereocenters. The van der Waals surface area contributed by atoms with Crippen LogP contribution in [0, 0.1) is 12.7 Å². The summed E-state index contributed by atoms with van der Waals surface area (Å²) in [4.78, 5) is 12.5. The second kappa shape index (κ2) is 4.36. The first-order valence-corrected chi connectivity index (χ1v) is 5.89. The lowest BCUT2D eigenvalue weighted by molar-refractivity contribution is 0.104. The Bertz CT molecular complexity index is 548. The first-order valence-electron chi connectivity index (χ1n) is 4.63. The van der Waals surface area contributed by atoms with Crippen molar-refractivity contribution in [3.63, 3.8) is 0 Å². The maximum Gasteiger partial charge on any atom is 0.204 e. The van der Waals surface area contributed by atoms with Crippen molar-refractivity contribution in [3.8, 4) is 0 Å². The number of thiophene rings is 1. The number of carbonyl (C=O) groups excluding carboxylic acids is 1. The van der Waals surface area contributed by atoms with E-state index in [4.69, 9.17) is 11.6 Å². The number of carbonyl (C=O) groups is 1. The minimum Gasteiger partial charge on any atom is -0.288 e. The smallest absolute Gasteiger partial charge is 0.204 e. The fourth-order valence-electron chi connectivity index (χ4n) is 1.42. The van der Waals surface area contributed by atoms with E-state index in [2.05, 4.69) is 0 Å². The first kappa shape index (κ1) is 11.3. The Morgan fingerprint density at radius 2 is 2.12 bits per heavy atom. The summed E-state index contributed by atoms with van der Waals surface area (Å²) in [5, 5.41) is 2.16. The van der Waals surface area contributed by atoms with Crippen LogP contribution in [0.3, 0.4) is 0 Å². The van der Waals surface area contributed by atoms with Gasteiger partial charge in [0.25, 0.3) is 0 Å². The average molecular weight is 255 g/mol. The van der Waals surface area contributed by atoms with Crippen LogP contribution < -0.4 is 0 Å². The molecular formula is C12H8ClFOS. The predicted octanol–water partition coefficient (Wildman–Crippen LogP) is 4.08. The van der Waals surface area contributed by atoms with Crippen molar-refractivity contribution < 1.29 is 9.18 Å². The van der Waals surface area contributed by atoms with E-state index in [1.54, 1.807) is 24.4 Å². The Morgan fingerprint density at radius 3 is 2.75 bits per heavy atom. The van der Waals surface area contributed by atoms with Crippen molar-refractivity contribution in [2.24, 2.45) is 0 Å². The molecule has 4 heteroatoms. The zero-order valence-electron chi connectivity index (χ0n) is 8.46. The molecule has 1 nitrogen and oxygen atoms in total. The Kier molecular flexibility index (Phi) is 3.08. The molecule has 0 aliphatic carbocycles. The van der Waals surface area contributed by atoms with Crippen molar-refractivity contribution in [2.75, 3.05) is 0 Å². The maximum absolute atomic E-state index is 13.1. The predicted molar refractivity (Wildman–Crippen MR) is 63.9 cm³/mol. The van der Waals surface area contributed by atoms with Crippen molar-refractivity contribution >= 4 is 28.7 Å². The van der Waals surface area contributed by atoms with E-state index < -0.39 is 5.82 Å². The summed E-state index contributed by atoms with van der Waals surface area (Å²) in [6, 6.07) is 5.83. The standard InChI is InChI=1S/C12H8ClFOS/c1-7-2-3-8(14)6-9(7)11(15)12-10(13)4-5-16-12/h2-6H,1H3. The van der Waals surface area contributed by atoms with Gasteiger partial charge in [0.1, 0.15) is 5.82 Å². The highest BCUT2D eigenvalue weighted by Crippen LogP contribution is 2.26. The van der Waals surface area contributed by atoms with Crippen LogP contribution in [-0.4, -0.2) is 5.78 Å². The molecule has 1 aromatic heterocycles. The van der Waals surface area contributed by atoms with Crippen LogP contribution in [0.5, 0.6) is 0 Å². The largest absolute Gasteiger partial charge is 0.288 e. The maximum atomic E-state index is 13.1. The Hall–Kier alpha value is -1.19. The van der Waals surface area contributed by atoms with Gasteiger partial charge in [0.05, 0.1) is 9.90 Å². The molecule has 0 aliphatic heterocycles. The Labute approximate surface area is 101 Å². The molecule has 1 aromatic carbocycles. The van der Waals surface area contributed by atoms with Gasteiger partial charge < -0.3 is 0 Å². The van der Waals surface area contributed by atoms with E-state index in [1.807, 2.05) is 0 Å². The second-order valence-electron chi connectivity index (χ2n) is 3.39. The van der Waals surface area contributed by atoms with Crippen LogP contribution in [0.1, 0.15) is 20.8 Å². The molecule has 2 aromatic rings. The van der Waals surface area contributed by atoms with E-state index in [0.29, 0.717) is 15.5 Å².